The van der Waals surface area contributed by atoms with Crippen molar-refractivity contribution in [1.82, 2.24) is 0 Å². The van der Waals surface area contributed by atoms with E-state index in [9.17, 15) is 0 Å². The fraction of sp³-hybridized carbons (Fsp3) is 1.00. The van der Waals surface area contributed by atoms with Gasteiger partial charge in [-0.25, -0.2) is 0 Å². The highest BCUT2D eigenvalue weighted by Crippen LogP contribution is 1.84. The molecule has 0 saturated carbocycles. The molecule has 0 spiro atoms. The van der Waals surface area contributed by atoms with Crippen LogP contribution in [0.5, 0.6) is 0 Å². The molecule has 5 heteroatoms. The van der Waals surface area contributed by atoms with E-state index in [-0.39, 0.29) is 5.54 Å². The van der Waals surface area contributed by atoms with E-state index in [1.165, 1.54) is 0 Å². The minimum atomic E-state index is -1.75. The lowest BCUT2D eigenvalue weighted by Gasteiger charge is -2.01. The highest BCUT2D eigenvalue weighted by molar-refractivity contribution is 4.48. The van der Waals surface area contributed by atoms with E-state index in [1.54, 1.807) is 0 Å². The quantitative estimate of drug-likeness (QED) is 0.368. The Kier molecular flexibility index (Phi) is 5.00. The Balaban J connectivity index is 0. The van der Waals surface area contributed by atoms with Crippen LogP contribution in [0.2, 0.25) is 0 Å². The molecule has 0 atom stereocenters. The van der Waals surface area contributed by atoms with Crippen molar-refractivity contribution in [1.29, 1.82) is 0 Å². The van der Waals surface area contributed by atoms with Crippen LogP contribution in [0.4, 0.5) is 0 Å². The van der Waals surface area contributed by atoms with Crippen LogP contribution in [0.1, 0.15) is 20.8 Å². The van der Waals surface area contributed by atoms with Crippen molar-refractivity contribution in [3.8, 4) is 0 Å². The fourth-order valence-electron chi connectivity index (χ4n) is 0. The molecule has 0 aliphatic carbocycles. The van der Waals surface area contributed by atoms with Crippen LogP contribution in [-0.2, 0) is 0 Å². The predicted molar refractivity (Wildman–Crippen MR) is 33.0 cm³/mol. The summed E-state index contributed by atoms with van der Waals surface area (Å²) in [5, 5.41) is 14.8. The minimum Gasteiger partial charge on any atom is -0.356 e. The first-order valence-electron chi connectivity index (χ1n) is 2.40. The average molecular weight is 136 g/mol. The third-order valence-electron chi connectivity index (χ3n) is 0. The van der Waals surface area contributed by atoms with Crippen molar-refractivity contribution < 1.29 is 10.8 Å². The van der Waals surface area contributed by atoms with E-state index in [1.807, 2.05) is 0 Å². The lowest BCUT2D eigenvalue weighted by atomic mass is 10.1. The topological polar surface area (TPSA) is 93.8 Å². The van der Waals surface area contributed by atoms with Gasteiger partial charge in [0.1, 0.15) is 0 Å². The van der Waals surface area contributed by atoms with Gasteiger partial charge < -0.3 is 21.1 Å². The maximum absolute atomic E-state index is 8.25. The van der Waals surface area contributed by atoms with E-state index >= 15 is 0 Å². The molecule has 3 N–H and O–H groups in total. The first-order valence-corrected chi connectivity index (χ1v) is 2.40. The summed E-state index contributed by atoms with van der Waals surface area (Å²) in [5.74, 6) is 0. The van der Waals surface area contributed by atoms with Crippen LogP contribution in [0.15, 0.2) is 0 Å². The summed E-state index contributed by atoms with van der Waals surface area (Å²) in [6.45, 7) is 6.23. The normalized spacial score (nSPS) is 9.33. The largest absolute Gasteiger partial charge is 0.356 e. The van der Waals surface area contributed by atoms with Crippen LogP contribution in [0.3, 0.4) is 0 Å². The molecule has 5 nitrogen and oxygen atoms in total. The summed E-state index contributed by atoms with van der Waals surface area (Å²) in [5.41, 5.74) is 4.02. The van der Waals surface area contributed by atoms with Gasteiger partial charge >= 0.3 is 0 Å². The molecule has 0 saturated heterocycles. The molecule has 0 aromatic carbocycles. The molecule has 0 fully saturated rings. The Morgan fingerprint density at radius 1 is 1.33 bits per heavy atom. The van der Waals surface area contributed by atoms with E-state index in [4.69, 9.17) is 15.3 Å². The SMILES string of the molecule is CC(C)(C)[NH3+].O=[N+]([O-])[O-]. The molecule has 56 valence electrons. The molecule has 0 heterocycles. The molecule has 0 aliphatic heterocycles. The van der Waals surface area contributed by atoms with Gasteiger partial charge in [0.2, 0.25) is 0 Å². The second-order valence-corrected chi connectivity index (χ2v) is 2.78. The molecular formula is C4H12N2O3. The monoisotopic (exact) mass is 136 g/mol. The lowest BCUT2D eigenvalue weighted by Crippen LogP contribution is -2.67. The highest BCUT2D eigenvalue weighted by Gasteiger charge is 2.00. The zero-order valence-electron chi connectivity index (χ0n) is 5.88. The van der Waals surface area contributed by atoms with Crippen LogP contribution in [-0.4, -0.2) is 10.6 Å². The predicted octanol–water partition coefficient (Wildman–Crippen LogP) is -0.212. The Morgan fingerprint density at radius 3 is 1.33 bits per heavy atom. The number of nitrogens with zero attached hydrogens (tertiary/aromatic N) is 1. The summed E-state index contributed by atoms with van der Waals surface area (Å²) in [6, 6.07) is 0. The average Bonchev–Trinajstić information content (AvgIpc) is 1.19. The number of hydrogen-bond acceptors (Lipinski definition) is 3. The third kappa shape index (κ3) is 270. The number of hydrogen-bond donors (Lipinski definition) is 1. The molecule has 0 aromatic rings. The summed E-state index contributed by atoms with van der Waals surface area (Å²) in [7, 11) is 0. The summed E-state index contributed by atoms with van der Waals surface area (Å²) in [4.78, 5) is 8.25. The van der Waals surface area contributed by atoms with E-state index < -0.39 is 5.09 Å². The first kappa shape index (κ1) is 11.0. The molecule has 0 radical (unpaired) electrons. The van der Waals surface area contributed by atoms with Crippen molar-refractivity contribution in [2.24, 2.45) is 0 Å². The van der Waals surface area contributed by atoms with E-state index in [2.05, 4.69) is 26.5 Å². The Labute approximate surface area is 53.6 Å². The van der Waals surface area contributed by atoms with Crippen molar-refractivity contribution >= 4 is 0 Å². The Bertz CT molecular complexity index is 76.3. The second-order valence-electron chi connectivity index (χ2n) is 2.78. The molecule has 9 heavy (non-hydrogen) atoms. The first-order chi connectivity index (χ1) is 3.73. The van der Waals surface area contributed by atoms with Gasteiger partial charge in [0.05, 0.1) is 10.6 Å². The molecule has 0 rings (SSSR count). The molecule has 0 aromatic heterocycles. The molecular weight excluding hydrogens is 124 g/mol. The number of rotatable bonds is 0. The fourth-order valence-corrected chi connectivity index (χ4v) is 0. The zero-order chi connectivity index (χ0) is 8.08. The van der Waals surface area contributed by atoms with Crippen LogP contribution < -0.4 is 5.73 Å². The van der Waals surface area contributed by atoms with Crippen molar-refractivity contribution in [3.63, 3.8) is 0 Å². The Morgan fingerprint density at radius 2 is 1.33 bits per heavy atom. The molecule has 0 aliphatic rings. The third-order valence-corrected chi connectivity index (χ3v) is 0. The van der Waals surface area contributed by atoms with Crippen LogP contribution >= 0.6 is 0 Å². The van der Waals surface area contributed by atoms with Crippen molar-refractivity contribution in [2.75, 3.05) is 0 Å². The van der Waals surface area contributed by atoms with Crippen LogP contribution in [0.25, 0.3) is 0 Å². The van der Waals surface area contributed by atoms with Gasteiger partial charge in [0.15, 0.2) is 0 Å². The summed E-state index contributed by atoms with van der Waals surface area (Å²) in [6.07, 6.45) is 0. The van der Waals surface area contributed by atoms with Crippen molar-refractivity contribution in [2.45, 2.75) is 26.3 Å². The van der Waals surface area contributed by atoms with Gasteiger partial charge in [-0.05, 0) is 20.8 Å². The van der Waals surface area contributed by atoms with E-state index in [0.29, 0.717) is 0 Å². The van der Waals surface area contributed by atoms with E-state index in [0.717, 1.165) is 0 Å². The second kappa shape index (κ2) is 4.08. The van der Waals surface area contributed by atoms with Gasteiger partial charge in [0.25, 0.3) is 0 Å². The van der Waals surface area contributed by atoms with Gasteiger partial charge in [-0.1, -0.05) is 0 Å². The highest BCUT2D eigenvalue weighted by atomic mass is 16.9. The maximum Gasteiger partial charge on any atom is 0.0860 e. The molecule has 0 bridgehead atoms. The maximum atomic E-state index is 8.25. The van der Waals surface area contributed by atoms with Gasteiger partial charge in [-0.2, -0.15) is 0 Å². The molecule has 0 amide bonds. The zero-order valence-corrected chi connectivity index (χ0v) is 5.88. The Hall–Kier alpha value is -0.840. The van der Waals surface area contributed by atoms with Crippen LogP contribution in [0, 0.1) is 15.3 Å². The smallest absolute Gasteiger partial charge is 0.0860 e. The molecule has 0 unspecified atom stereocenters. The summed E-state index contributed by atoms with van der Waals surface area (Å²) >= 11 is 0. The summed E-state index contributed by atoms with van der Waals surface area (Å²) < 4.78 is 0. The number of quaternary nitrogens is 1. The van der Waals surface area contributed by atoms with Gasteiger partial charge in [-0.15, -0.1) is 0 Å². The standard InChI is InChI=1S/C4H11N.NO3/c1-4(2,3)5;2-1(3)4/h5H2,1-3H3;/q;-1/p+1. The van der Waals surface area contributed by atoms with Crippen molar-refractivity contribution in [3.05, 3.63) is 15.3 Å². The van der Waals surface area contributed by atoms with Gasteiger partial charge in [0, 0.05) is 0 Å². The minimum absolute atomic E-state index is 0.250. The van der Waals surface area contributed by atoms with Gasteiger partial charge in [-0.3, -0.25) is 0 Å². The lowest BCUT2D eigenvalue weighted by molar-refractivity contribution is -0.458.